The third-order valence-electron chi connectivity index (χ3n) is 5.84. The van der Waals surface area contributed by atoms with E-state index in [1.54, 1.807) is 25.1 Å². The van der Waals surface area contributed by atoms with Crippen molar-refractivity contribution in [3.05, 3.63) is 93.7 Å². The molecule has 0 aliphatic heterocycles. The minimum atomic E-state index is -4.28. The number of nitrogens with one attached hydrogen (secondary N) is 1. The molecule has 38 heavy (non-hydrogen) atoms. The Bertz CT molecular complexity index is 1400. The van der Waals surface area contributed by atoms with Gasteiger partial charge in [-0.25, -0.2) is 12.8 Å². The van der Waals surface area contributed by atoms with E-state index in [2.05, 4.69) is 5.32 Å². The normalized spacial score (nSPS) is 12.1. The van der Waals surface area contributed by atoms with Crippen LogP contribution in [0.5, 0.6) is 0 Å². The highest BCUT2D eigenvalue weighted by Crippen LogP contribution is 2.30. The first-order valence-corrected chi connectivity index (χ1v) is 14.0. The number of hydrogen-bond acceptors (Lipinski definition) is 4. The van der Waals surface area contributed by atoms with Gasteiger partial charge in [0, 0.05) is 28.7 Å². The van der Waals surface area contributed by atoms with Crippen LogP contribution < -0.4 is 9.62 Å². The molecule has 0 aliphatic carbocycles. The molecule has 202 valence electrons. The fraction of sp³-hybridized carbons (Fsp3) is 0.259. The van der Waals surface area contributed by atoms with E-state index < -0.39 is 40.2 Å². The number of nitrogens with zero attached hydrogens (tertiary/aromatic N) is 2. The van der Waals surface area contributed by atoms with Gasteiger partial charge in [-0.15, -0.1) is 0 Å². The highest BCUT2D eigenvalue weighted by atomic mass is 35.5. The van der Waals surface area contributed by atoms with Crippen molar-refractivity contribution in [1.29, 1.82) is 0 Å². The van der Waals surface area contributed by atoms with E-state index >= 15 is 0 Å². The maximum atomic E-state index is 14.5. The van der Waals surface area contributed by atoms with Crippen molar-refractivity contribution in [2.24, 2.45) is 0 Å². The standard InChI is InChI=1S/C27H28Cl2FN3O4S/c1-4-31-27(35)19(3)32(16-20-7-5-6-8-25(20)30)26(34)17-33(23-14-21(28)13-22(29)15-23)38(36,37)24-11-9-18(2)10-12-24/h5-15,19H,4,16-17H2,1-3H3,(H,31,35)/t19-/m0/s1. The molecule has 0 unspecified atom stereocenters. The highest BCUT2D eigenvalue weighted by Gasteiger charge is 2.33. The fourth-order valence-corrected chi connectivity index (χ4v) is 5.68. The second-order valence-electron chi connectivity index (χ2n) is 8.64. The Balaban J connectivity index is 2.08. The lowest BCUT2D eigenvalue weighted by Crippen LogP contribution is -2.51. The van der Waals surface area contributed by atoms with Gasteiger partial charge in [-0.3, -0.25) is 13.9 Å². The number of benzene rings is 3. The van der Waals surface area contributed by atoms with E-state index in [1.807, 2.05) is 6.92 Å². The lowest BCUT2D eigenvalue weighted by molar-refractivity contribution is -0.139. The average Bonchev–Trinajstić information content (AvgIpc) is 2.86. The SMILES string of the molecule is CCNC(=O)[C@H](C)N(Cc1ccccc1F)C(=O)CN(c1cc(Cl)cc(Cl)c1)S(=O)(=O)c1ccc(C)cc1. The Hall–Kier alpha value is -3.14. The molecular formula is C27H28Cl2FN3O4S. The Morgan fingerprint density at radius 2 is 1.61 bits per heavy atom. The molecule has 7 nitrogen and oxygen atoms in total. The van der Waals surface area contributed by atoms with E-state index in [0.29, 0.717) is 6.54 Å². The number of amides is 2. The fourth-order valence-electron chi connectivity index (χ4n) is 3.76. The van der Waals surface area contributed by atoms with Crippen molar-refractivity contribution in [2.45, 2.75) is 38.3 Å². The van der Waals surface area contributed by atoms with Crippen LogP contribution in [-0.2, 0) is 26.2 Å². The zero-order chi connectivity index (χ0) is 28.0. The molecule has 0 saturated carbocycles. The summed E-state index contributed by atoms with van der Waals surface area (Å²) in [6.45, 7) is 4.42. The first kappa shape index (κ1) is 29.4. The zero-order valence-electron chi connectivity index (χ0n) is 21.1. The van der Waals surface area contributed by atoms with Crippen LogP contribution in [0.25, 0.3) is 0 Å². The molecule has 0 aliphatic rings. The molecule has 0 spiro atoms. The van der Waals surface area contributed by atoms with Crippen LogP contribution in [0.1, 0.15) is 25.0 Å². The van der Waals surface area contributed by atoms with E-state index in [-0.39, 0.29) is 32.7 Å². The van der Waals surface area contributed by atoms with Crippen LogP contribution in [0, 0.1) is 12.7 Å². The number of carbonyl (C=O) groups excluding carboxylic acids is 2. The van der Waals surface area contributed by atoms with Crippen molar-refractivity contribution in [1.82, 2.24) is 10.2 Å². The summed E-state index contributed by atoms with van der Waals surface area (Å²) >= 11 is 12.3. The summed E-state index contributed by atoms with van der Waals surface area (Å²) in [6.07, 6.45) is 0. The van der Waals surface area contributed by atoms with Gasteiger partial charge in [-0.05, 0) is 57.2 Å². The van der Waals surface area contributed by atoms with Crippen LogP contribution in [0.3, 0.4) is 0 Å². The first-order chi connectivity index (χ1) is 17.9. The Kier molecular flexibility index (Phi) is 9.76. The summed E-state index contributed by atoms with van der Waals surface area (Å²) in [6, 6.07) is 15.2. The molecular weight excluding hydrogens is 552 g/mol. The number of rotatable bonds is 10. The van der Waals surface area contributed by atoms with E-state index in [1.165, 1.54) is 55.5 Å². The van der Waals surface area contributed by atoms with Gasteiger partial charge in [0.1, 0.15) is 18.4 Å². The van der Waals surface area contributed by atoms with Gasteiger partial charge in [0.15, 0.2) is 0 Å². The maximum Gasteiger partial charge on any atom is 0.264 e. The van der Waals surface area contributed by atoms with Crippen LogP contribution >= 0.6 is 23.2 Å². The highest BCUT2D eigenvalue weighted by molar-refractivity contribution is 7.92. The molecule has 0 radical (unpaired) electrons. The van der Waals surface area contributed by atoms with Crippen LogP contribution in [0.15, 0.2) is 71.6 Å². The summed E-state index contributed by atoms with van der Waals surface area (Å²) in [5, 5.41) is 2.99. The maximum absolute atomic E-state index is 14.5. The molecule has 3 aromatic rings. The molecule has 1 N–H and O–H groups in total. The number of likely N-dealkylation sites (N-methyl/N-ethyl adjacent to an activating group) is 1. The third kappa shape index (κ3) is 7.03. The van der Waals surface area contributed by atoms with E-state index in [4.69, 9.17) is 23.2 Å². The van der Waals surface area contributed by atoms with Crippen LogP contribution in [0.4, 0.5) is 10.1 Å². The second-order valence-corrected chi connectivity index (χ2v) is 11.4. The van der Waals surface area contributed by atoms with Crippen molar-refractivity contribution in [3.63, 3.8) is 0 Å². The van der Waals surface area contributed by atoms with E-state index in [0.717, 1.165) is 14.8 Å². The number of carbonyl (C=O) groups is 2. The van der Waals surface area contributed by atoms with E-state index in [9.17, 15) is 22.4 Å². The molecule has 0 aromatic heterocycles. The zero-order valence-corrected chi connectivity index (χ0v) is 23.4. The number of aryl methyl sites for hydroxylation is 1. The summed E-state index contributed by atoms with van der Waals surface area (Å²) in [4.78, 5) is 27.5. The summed E-state index contributed by atoms with van der Waals surface area (Å²) in [7, 11) is -4.28. The average molecular weight is 581 g/mol. The molecule has 1 atom stereocenters. The Morgan fingerprint density at radius 1 is 1.00 bits per heavy atom. The molecule has 2 amide bonds. The third-order valence-corrected chi connectivity index (χ3v) is 8.06. The van der Waals surface area contributed by atoms with Crippen molar-refractivity contribution in [3.8, 4) is 0 Å². The number of anilines is 1. The number of halogens is 3. The van der Waals surface area contributed by atoms with Gasteiger partial charge in [0.05, 0.1) is 10.6 Å². The number of sulfonamides is 1. The van der Waals surface area contributed by atoms with Crippen LogP contribution in [-0.4, -0.2) is 44.3 Å². The van der Waals surface area contributed by atoms with Gasteiger partial charge >= 0.3 is 0 Å². The van der Waals surface area contributed by atoms with Gasteiger partial charge in [-0.1, -0.05) is 59.1 Å². The molecule has 3 aromatic carbocycles. The molecule has 0 saturated heterocycles. The lowest BCUT2D eigenvalue weighted by atomic mass is 10.1. The monoisotopic (exact) mass is 579 g/mol. The molecule has 0 bridgehead atoms. The van der Waals surface area contributed by atoms with Gasteiger partial charge < -0.3 is 10.2 Å². The largest absolute Gasteiger partial charge is 0.355 e. The predicted octanol–water partition coefficient (Wildman–Crippen LogP) is 5.19. The minimum Gasteiger partial charge on any atom is -0.355 e. The molecule has 0 heterocycles. The Morgan fingerprint density at radius 3 is 2.18 bits per heavy atom. The van der Waals surface area contributed by atoms with Crippen molar-refractivity contribution < 1.29 is 22.4 Å². The predicted molar refractivity (Wildman–Crippen MR) is 147 cm³/mol. The first-order valence-electron chi connectivity index (χ1n) is 11.8. The summed E-state index contributed by atoms with van der Waals surface area (Å²) in [5.74, 6) is -1.74. The van der Waals surface area contributed by atoms with Gasteiger partial charge in [0.25, 0.3) is 10.0 Å². The smallest absolute Gasteiger partial charge is 0.264 e. The summed E-state index contributed by atoms with van der Waals surface area (Å²) < 4.78 is 42.9. The van der Waals surface area contributed by atoms with Crippen molar-refractivity contribution >= 4 is 50.7 Å². The quantitative estimate of drug-likeness (QED) is 0.358. The Labute approximate surface area is 232 Å². The molecule has 11 heteroatoms. The second kappa shape index (κ2) is 12.6. The lowest BCUT2D eigenvalue weighted by Gasteiger charge is -2.32. The summed E-state index contributed by atoms with van der Waals surface area (Å²) in [5.41, 5.74) is 1.09. The molecule has 0 fully saturated rings. The minimum absolute atomic E-state index is 0.0515. The van der Waals surface area contributed by atoms with Gasteiger partial charge in [-0.2, -0.15) is 0 Å². The topological polar surface area (TPSA) is 86.8 Å². The van der Waals surface area contributed by atoms with Gasteiger partial charge in [0.2, 0.25) is 11.8 Å². The van der Waals surface area contributed by atoms with Crippen LogP contribution in [0.2, 0.25) is 10.0 Å². The number of hydrogen-bond donors (Lipinski definition) is 1. The van der Waals surface area contributed by atoms with Crippen molar-refractivity contribution in [2.75, 3.05) is 17.4 Å². The molecule has 3 rings (SSSR count).